The average Bonchev–Trinajstić information content (AvgIpc) is 2.42. The van der Waals surface area contributed by atoms with E-state index in [1.54, 1.807) is 23.8 Å². The van der Waals surface area contributed by atoms with Crippen molar-refractivity contribution < 1.29 is 9.84 Å². The Labute approximate surface area is 118 Å². The first kappa shape index (κ1) is 14.3. The number of benzene rings is 1. The lowest BCUT2D eigenvalue weighted by molar-refractivity contribution is 0.195. The number of nitrogens with zero attached hydrogens (tertiary/aromatic N) is 1. The molecular formula is C16H19NO3. The average molecular weight is 273 g/mol. The standard InChI is InChI=1S/C16H19NO3/c1-13(18)12-14-5-7-15(8-6-14)20-11-10-17-9-3-2-4-16(17)19/h2-9,13,18H,10-12H2,1H3. The third-order valence-electron chi connectivity index (χ3n) is 2.95. The molecule has 106 valence electrons. The Bertz CT molecular complexity index is 587. The fraction of sp³-hybridized carbons (Fsp3) is 0.312. The number of aliphatic hydroxyl groups is 1. The molecule has 20 heavy (non-hydrogen) atoms. The first-order valence-electron chi connectivity index (χ1n) is 6.70. The molecule has 0 bridgehead atoms. The molecular weight excluding hydrogens is 254 g/mol. The van der Waals surface area contributed by atoms with Gasteiger partial charge in [-0.2, -0.15) is 0 Å². The van der Waals surface area contributed by atoms with Crippen LogP contribution in [0.2, 0.25) is 0 Å². The minimum Gasteiger partial charge on any atom is -0.492 e. The molecule has 0 aliphatic rings. The Hall–Kier alpha value is -2.07. The summed E-state index contributed by atoms with van der Waals surface area (Å²) in [6.07, 6.45) is 2.05. The molecule has 1 aromatic carbocycles. The summed E-state index contributed by atoms with van der Waals surface area (Å²) >= 11 is 0. The van der Waals surface area contributed by atoms with Crippen LogP contribution in [0.4, 0.5) is 0 Å². The molecule has 4 heteroatoms. The molecule has 0 aliphatic carbocycles. The maximum absolute atomic E-state index is 11.5. The summed E-state index contributed by atoms with van der Waals surface area (Å²) in [6, 6.07) is 12.7. The van der Waals surface area contributed by atoms with Crippen molar-refractivity contribution in [2.45, 2.75) is 26.0 Å². The van der Waals surface area contributed by atoms with E-state index >= 15 is 0 Å². The quantitative estimate of drug-likeness (QED) is 0.874. The van der Waals surface area contributed by atoms with Gasteiger partial charge in [0.2, 0.25) is 0 Å². The molecule has 0 aliphatic heterocycles. The molecule has 0 saturated heterocycles. The van der Waals surface area contributed by atoms with E-state index in [1.165, 1.54) is 6.07 Å². The minimum atomic E-state index is -0.341. The number of pyridine rings is 1. The number of hydrogen-bond donors (Lipinski definition) is 1. The lowest BCUT2D eigenvalue weighted by atomic mass is 10.1. The second-order valence-corrected chi connectivity index (χ2v) is 4.78. The van der Waals surface area contributed by atoms with E-state index < -0.39 is 0 Å². The fourth-order valence-corrected chi connectivity index (χ4v) is 1.97. The smallest absolute Gasteiger partial charge is 0.250 e. The van der Waals surface area contributed by atoms with Gasteiger partial charge in [-0.3, -0.25) is 4.79 Å². The lowest BCUT2D eigenvalue weighted by Crippen LogP contribution is -2.21. The largest absolute Gasteiger partial charge is 0.492 e. The van der Waals surface area contributed by atoms with Gasteiger partial charge in [-0.1, -0.05) is 18.2 Å². The van der Waals surface area contributed by atoms with Crippen molar-refractivity contribution in [2.75, 3.05) is 6.61 Å². The molecule has 0 spiro atoms. The Balaban J connectivity index is 1.85. The van der Waals surface area contributed by atoms with Gasteiger partial charge in [-0.15, -0.1) is 0 Å². The molecule has 4 nitrogen and oxygen atoms in total. The van der Waals surface area contributed by atoms with Crippen LogP contribution in [0.3, 0.4) is 0 Å². The Kier molecular flexibility index (Phi) is 4.96. The zero-order valence-corrected chi connectivity index (χ0v) is 11.5. The molecule has 0 radical (unpaired) electrons. The Morgan fingerprint density at radius 1 is 1.20 bits per heavy atom. The number of rotatable bonds is 6. The van der Waals surface area contributed by atoms with Gasteiger partial charge >= 0.3 is 0 Å². The van der Waals surface area contributed by atoms with Crippen molar-refractivity contribution in [2.24, 2.45) is 0 Å². The zero-order valence-electron chi connectivity index (χ0n) is 11.5. The van der Waals surface area contributed by atoms with Gasteiger partial charge in [0.05, 0.1) is 12.6 Å². The summed E-state index contributed by atoms with van der Waals surface area (Å²) in [6.45, 7) is 2.73. The van der Waals surface area contributed by atoms with Crippen molar-refractivity contribution in [3.8, 4) is 5.75 Å². The van der Waals surface area contributed by atoms with Crippen molar-refractivity contribution >= 4 is 0 Å². The SMILES string of the molecule is CC(O)Cc1ccc(OCCn2ccccc2=O)cc1. The predicted molar refractivity (Wildman–Crippen MR) is 78.0 cm³/mol. The van der Waals surface area contributed by atoms with Gasteiger partial charge in [-0.25, -0.2) is 0 Å². The highest BCUT2D eigenvalue weighted by Crippen LogP contribution is 2.13. The highest BCUT2D eigenvalue weighted by molar-refractivity contribution is 5.27. The lowest BCUT2D eigenvalue weighted by Gasteiger charge is -2.09. The molecule has 2 rings (SSSR count). The van der Waals surface area contributed by atoms with E-state index in [1.807, 2.05) is 30.3 Å². The van der Waals surface area contributed by atoms with Crippen molar-refractivity contribution in [1.82, 2.24) is 4.57 Å². The van der Waals surface area contributed by atoms with Gasteiger partial charge in [0.1, 0.15) is 12.4 Å². The second-order valence-electron chi connectivity index (χ2n) is 4.78. The van der Waals surface area contributed by atoms with Crippen molar-refractivity contribution in [1.29, 1.82) is 0 Å². The number of aliphatic hydroxyl groups excluding tert-OH is 1. The zero-order chi connectivity index (χ0) is 14.4. The van der Waals surface area contributed by atoms with Gasteiger partial charge in [0, 0.05) is 12.3 Å². The summed E-state index contributed by atoms with van der Waals surface area (Å²) < 4.78 is 7.22. The van der Waals surface area contributed by atoms with E-state index in [9.17, 15) is 9.90 Å². The Morgan fingerprint density at radius 3 is 2.60 bits per heavy atom. The van der Waals surface area contributed by atoms with E-state index in [-0.39, 0.29) is 11.7 Å². The summed E-state index contributed by atoms with van der Waals surface area (Å²) in [4.78, 5) is 11.5. The van der Waals surface area contributed by atoms with Gasteiger partial charge in [0.15, 0.2) is 0 Å². The van der Waals surface area contributed by atoms with E-state index in [0.29, 0.717) is 19.6 Å². The van der Waals surface area contributed by atoms with Crippen LogP contribution >= 0.6 is 0 Å². The number of hydrogen-bond acceptors (Lipinski definition) is 3. The van der Waals surface area contributed by atoms with Crippen LogP contribution in [0.1, 0.15) is 12.5 Å². The monoisotopic (exact) mass is 273 g/mol. The third kappa shape index (κ3) is 4.24. The van der Waals surface area contributed by atoms with Crippen LogP contribution in [-0.2, 0) is 13.0 Å². The molecule has 0 saturated carbocycles. The van der Waals surface area contributed by atoms with Crippen LogP contribution in [0.25, 0.3) is 0 Å². The molecule has 1 atom stereocenters. The second kappa shape index (κ2) is 6.91. The van der Waals surface area contributed by atoms with E-state index in [2.05, 4.69) is 0 Å². The molecule has 1 heterocycles. The van der Waals surface area contributed by atoms with Gasteiger partial charge < -0.3 is 14.4 Å². The van der Waals surface area contributed by atoms with Crippen LogP contribution in [0.5, 0.6) is 5.75 Å². The van der Waals surface area contributed by atoms with Gasteiger partial charge in [-0.05, 0) is 37.1 Å². The highest BCUT2D eigenvalue weighted by Gasteiger charge is 2.00. The normalized spacial score (nSPS) is 12.1. The summed E-state index contributed by atoms with van der Waals surface area (Å²) in [5, 5.41) is 9.30. The van der Waals surface area contributed by atoms with Crippen LogP contribution in [0, 0.1) is 0 Å². The minimum absolute atomic E-state index is 0.0246. The third-order valence-corrected chi connectivity index (χ3v) is 2.95. The molecule has 0 fully saturated rings. The van der Waals surface area contributed by atoms with Crippen molar-refractivity contribution in [3.63, 3.8) is 0 Å². The molecule has 1 unspecified atom stereocenters. The first-order chi connectivity index (χ1) is 9.65. The Morgan fingerprint density at radius 2 is 1.95 bits per heavy atom. The highest BCUT2D eigenvalue weighted by atomic mass is 16.5. The van der Waals surface area contributed by atoms with Crippen LogP contribution < -0.4 is 10.3 Å². The van der Waals surface area contributed by atoms with Crippen LogP contribution in [-0.4, -0.2) is 22.4 Å². The maximum atomic E-state index is 11.5. The topological polar surface area (TPSA) is 51.5 Å². The number of aromatic nitrogens is 1. The maximum Gasteiger partial charge on any atom is 0.250 e. The predicted octanol–water partition coefficient (Wildman–Crippen LogP) is 1.85. The molecule has 2 aromatic rings. The van der Waals surface area contributed by atoms with Crippen LogP contribution in [0.15, 0.2) is 53.5 Å². The molecule has 1 N–H and O–H groups in total. The summed E-state index contributed by atoms with van der Waals surface area (Å²) in [7, 11) is 0. The summed E-state index contributed by atoms with van der Waals surface area (Å²) in [5.41, 5.74) is 1.05. The van der Waals surface area contributed by atoms with Gasteiger partial charge in [0.25, 0.3) is 5.56 Å². The summed E-state index contributed by atoms with van der Waals surface area (Å²) in [5.74, 6) is 0.767. The van der Waals surface area contributed by atoms with Crippen molar-refractivity contribution in [3.05, 3.63) is 64.6 Å². The van der Waals surface area contributed by atoms with E-state index in [0.717, 1.165) is 11.3 Å². The number of ether oxygens (including phenoxy) is 1. The fourth-order valence-electron chi connectivity index (χ4n) is 1.97. The van der Waals surface area contributed by atoms with E-state index in [4.69, 9.17) is 4.74 Å². The molecule has 0 amide bonds. The molecule has 1 aromatic heterocycles. The first-order valence-corrected chi connectivity index (χ1v) is 6.70.